The fraction of sp³-hybridized carbons (Fsp3) is 0.862. The van der Waals surface area contributed by atoms with Crippen LogP contribution < -0.4 is 15.4 Å². The fourth-order valence-electron chi connectivity index (χ4n) is 6.38. The Kier molecular flexibility index (Phi) is 9.81. The highest BCUT2D eigenvalue weighted by Gasteiger charge is 2.62. The van der Waals surface area contributed by atoms with Crippen LogP contribution in [0.3, 0.4) is 0 Å². The SMILES string of the molecule is CCCC1(OS(=O)(=O)NC(=O)[C@@]23C[C@H]2CCCCCCC[C@H](NC(=O)OC(C)(C)C)C(=O)N2CCC[C@H]2C(=O)N3)CC1. The molecule has 0 aromatic heterocycles. The zero-order valence-corrected chi connectivity index (χ0v) is 26.3. The van der Waals surface area contributed by atoms with E-state index in [2.05, 4.69) is 15.4 Å². The second-order valence-corrected chi connectivity index (χ2v) is 14.8. The van der Waals surface area contributed by atoms with Crippen LogP contribution in [0, 0.1) is 5.92 Å². The van der Waals surface area contributed by atoms with Crippen molar-refractivity contribution >= 4 is 34.1 Å². The van der Waals surface area contributed by atoms with Gasteiger partial charge in [0.1, 0.15) is 23.2 Å². The van der Waals surface area contributed by atoms with Crippen molar-refractivity contribution in [3.63, 3.8) is 0 Å². The molecule has 238 valence electrons. The molecule has 4 amide bonds. The molecule has 0 aromatic carbocycles. The largest absolute Gasteiger partial charge is 0.444 e. The maximum absolute atomic E-state index is 13.7. The lowest BCUT2D eigenvalue weighted by atomic mass is 10.0. The number of carbonyl (C=O) groups is 4. The molecule has 4 rings (SSSR count). The first kappa shape index (κ1) is 32.5. The van der Waals surface area contributed by atoms with E-state index in [4.69, 9.17) is 8.92 Å². The minimum atomic E-state index is -4.37. The maximum atomic E-state index is 13.7. The highest BCUT2D eigenvalue weighted by atomic mass is 32.2. The van der Waals surface area contributed by atoms with Crippen LogP contribution in [0.5, 0.6) is 0 Å². The Morgan fingerprint density at radius 3 is 2.33 bits per heavy atom. The molecule has 2 saturated heterocycles. The predicted molar refractivity (Wildman–Crippen MR) is 154 cm³/mol. The predicted octanol–water partition coefficient (Wildman–Crippen LogP) is 3.20. The number of hydrogen-bond donors (Lipinski definition) is 3. The highest BCUT2D eigenvalue weighted by molar-refractivity contribution is 7.85. The first-order chi connectivity index (χ1) is 19.7. The van der Waals surface area contributed by atoms with E-state index in [-0.39, 0.29) is 11.8 Å². The van der Waals surface area contributed by atoms with Gasteiger partial charge < -0.3 is 20.3 Å². The molecule has 2 aliphatic carbocycles. The van der Waals surface area contributed by atoms with Crippen LogP contribution >= 0.6 is 0 Å². The average molecular weight is 613 g/mol. The molecule has 2 aliphatic heterocycles. The number of nitrogens with one attached hydrogen (secondary N) is 3. The Morgan fingerprint density at radius 2 is 1.69 bits per heavy atom. The van der Waals surface area contributed by atoms with Crippen LogP contribution in [-0.4, -0.2) is 72.5 Å². The van der Waals surface area contributed by atoms with Gasteiger partial charge in [0.05, 0.1) is 5.60 Å². The molecule has 0 bridgehead atoms. The van der Waals surface area contributed by atoms with Gasteiger partial charge in [-0.2, -0.15) is 8.42 Å². The molecule has 13 heteroatoms. The second-order valence-electron chi connectivity index (χ2n) is 13.5. The van der Waals surface area contributed by atoms with Gasteiger partial charge in [-0.3, -0.25) is 14.4 Å². The van der Waals surface area contributed by atoms with E-state index in [0.29, 0.717) is 57.9 Å². The average Bonchev–Trinajstić information content (AvgIpc) is 3.72. The summed E-state index contributed by atoms with van der Waals surface area (Å²) in [5.74, 6) is -1.86. The topological polar surface area (TPSA) is 160 Å². The summed E-state index contributed by atoms with van der Waals surface area (Å²) in [6.45, 7) is 7.52. The lowest BCUT2D eigenvalue weighted by Crippen LogP contribution is -2.58. The van der Waals surface area contributed by atoms with Crippen LogP contribution in [0.4, 0.5) is 4.79 Å². The molecule has 12 nitrogen and oxygen atoms in total. The van der Waals surface area contributed by atoms with E-state index in [0.717, 1.165) is 38.5 Å². The molecule has 0 radical (unpaired) electrons. The zero-order valence-electron chi connectivity index (χ0n) is 25.5. The van der Waals surface area contributed by atoms with E-state index >= 15 is 0 Å². The molecule has 4 fully saturated rings. The van der Waals surface area contributed by atoms with Crippen molar-refractivity contribution in [1.29, 1.82) is 0 Å². The highest BCUT2D eigenvalue weighted by Crippen LogP contribution is 2.48. The maximum Gasteiger partial charge on any atom is 0.408 e. The molecule has 0 unspecified atom stereocenters. The van der Waals surface area contributed by atoms with Gasteiger partial charge in [-0.25, -0.2) is 13.7 Å². The van der Waals surface area contributed by atoms with Gasteiger partial charge >= 0.3 is 16.4 Å². The van der Waals surface area contributed by atoms with Crippen LogP contribution in [0.15, 0.2) is 0 Å². The van der Waals surface area contributed by atoms with Crippen molar-refractivity contribution in [1.82, 2.24) is 20.3 Å². The molecule has 3 N–H and O–H groups in total. The van der Waals surface area contributed by atoms with Crippen molar-refractivity contribution in [2.45, 2.75) is 146 Å². The summed E-state index contributed by atoms with van der Waals surface area (Å²) < 4.78 is 38.5. The van der Waals surface area contributed by atoms with E-state index in [1.807, 2.05) is 6.92 Å². The third-order valence-corrected chi connectivity index (χ3v) is 9.76. The summed E-state index contributed by atoms with van der Waals surface area (Å²) in [4.78, 5) is 54.9. The van der Waals surface area contributed by atoms with Crippen LogP contribution in [-0.2, 0) is 33.6 Å². The lowest BCUT2D eigenvalue weighted by molar-refractivity contribution is -0.141. The van der Waals surface area contributed by atoms with E-state index < -0.39 is 57.0 Å². The molecule has 0 spiro atoms. The van der Waals surface area contributed by atoms with Crippen LogP contribution in [0.1, 0.15) is 118 Å². The summed E-state index contributed by atoms with van der Waals surface area (Å²) in [5.41, 5.74) is -2.85. The van der Waals surface area contributed by atoms with Gasteiger partial charge in [0.2, 0.25) is 11.8 Å². The minimum absolute atomic E-state index is 0.209. The van der Waals surface area contributed by atoms with Crippen molar-refractivity contribution in [2.24, 2.45) is 5.92 Å². The van der Waals surface area contributed by atoms with Gasteiger partial charge in [-0.1, -0.05) is 45.4 Å². The summed E-state index contributed by atoms with van der Waals surface area (Å²) in [5, 5.41) is 5.58. The number of carbonyl (C=O) groups excluding carboxylic acids is 4. The van der Waals surface area contributed by atoms with Crippen LogP contribution in [0.25, 0.3) is 0 Å². The zero-order chi connectivity index (χ0) is 30.8. The quantitative estimate of drug-likeness (QED) is 0.395. The summed E-state index contributed by atoms with van der Waals surface area (Å²) in [6.07, 6.45) is 8.55. The molecule has 4 aliphatic rings. The number of ether oxygens (including phenoxy) is 1. The van der Waals surface area contributed by atoms with Gasteiger partial charge in [0.15, 0.2) is 0 Å². The number of hydrogen-bond acceptors (Lipinski definition) is 8. The fourth-order valence-corrected chi connectivity index (χ4v) is 7.54. The molecule has 4 atom stereocenters. The summed E-state index contributed by atoms with van der Waals surface area (Å²) in [6, 6.07) is -1.67. The van der Waals surface area contributed by atoms with Crippen molar-refractivity contribution in [3.8, 4) is 0 Å². The minimum Gasteiger partial charge on any atom is -0.444 e. The third-order valence-electron chi connectivity index (χ3n) is 8.75. The molecular weight excluding hydrogens is 564 g/mol. The second kappa shape index (κ2) is 12.7. The number of nitrogens with zero attached hydrogens (tertiary/aromatic N) is 1. The molecular formula is C29H48N4O8S. The monoisotopic (exact) mass is 612 g/mol. The molecule has 2 heterocycles. The van der Waals surface area contributed by atoms with E-state index in [1.165, 1.54) is 4.90 Å². The third kappa shape index (κ3) is 8.15. The number of amides is 4. The first-order valence-corrected chi connectivity index (χ1v) is 17.0. The summed E-state index contributed by atoms with van der Waals surface area (Å²) in [7, 11) is -4.37. The number of alkyl carbamates (subject to hydrolysis) is 1. The Morgan fingerprint density at radius 1 is 1.02 bits per heavy atom. The molecule has 42 heavy (non-hydrogen) atoms. The van der Waals surface area contributed by atoms with Gasteiger partial charge in [-0.05, 0) is 78.1 Å². The van der Waals surface area contributed by atoms with Crippen molar-refractivity contribution in [3.05, 3.63) is 0 Å². The number of rotatable bonds is 7. The van der Waals surface area contributed by atoms with Gasteiger partial charge in [0.25, 0.3) is 5.91 Å². The van der Waals surface area contributed by atoms with Gasteiger partial charge in [-0.15, -0.1) is 0 Å². The van der Waals surface area contributed by atoms with E-state index in [1.54, 1.807) is 20.8 Å². The normalized spacial score (nSPS) is 30.1. The first-order valence-electron chi connectivity index (χ1n) is 15.6. The Labute approximate surface area is 249 Å². The summed E-state index contributed by atoms with van der Waals surface area (Å²) >= 11 is 0. The van der Waals surface area contributed by atoms with E-state index in [9.17, 15) is 27.6 Å². The number of fused-ring (bicyclic) bond motifs is 2. The van der Waals surface area contributed by atoms with Gasteiger partial charge in [0, 0.05) is 6.54 Å². The van der Waals surface area contributed by atoms with Crippen molar-refractivity contribution < 1.29 is 36.5 Å². The Balaban J connectivity index is 1.50. The Hall–Kier alpha value is -2.41. The smallest absolute Gasteiger partial charge is 0.408 e. The lowest BCUT2D eigenvalue weighted by Gasteiger charge is -2.30. The molecule has 2 saturated carbocycles. The molecule has 0 aromatic rings. The van der Waals surface area contributed by atoms with Crippen molar-refractivity contribution in [2.75, 3.05) is 6.54 Å². The standard InChI is InChI=1S/C29H48N4O8S/c1-5-15-28(16-17-28)41-42(38,39)32-25(36)29-19-20(29)12-9-7-6-8-10-13-21(30-26(37)40-27(2,3)4)24(35)33-18-11-14-22(33)23(34)31-29/h20-22H,5-19H2,1-4H3,(H,30,37)(H,31,34)(H,32,36)/t20-,21+,22+,29-/m1/s1. The Bertz CT molecular complexity index is 1150. The van der Waals surface area contributed by atoms with Crippen LogP contribution in [0.2, 0.25) is 0 Å².